The van der Waals surface area contributed by atoms with Crippen molar-refractivity contribution in [2.24, 2.45) is 0 Å². The number of nitro benzene ring substituents is 1. The van der Waals surface area contributed by atoms with Gasteiger partial charge >= 0.3 is 5.97 Å². The Morgan fingerprint density at radius 1 is 1.24 bits per heavy atom. The number of carboxylic acid groups (broad SMARTS) is 1. The molecule has 0 fully saturated rings. The topological polar surface area (TPSA) is 80.4 Å². The van der Waals surface area contributed by atoms with Gasteiger partial charge in [0.25, 0.3) is 5.69 Å². The Labute approximate surface area is 129 Å². The number of carboxylic acids is 1. The van der Waals surface area contributed by atoms with Crippen molar-refractivity contribution in [3.8, 4) is 0 Å². The van der Waals surface area contributed by atoms with Gasteiger partial charge in [-0.3, -0.25) is 14.9 Å². The van der Waals surface area contributed by atoms with Crippen LogP contribution in [0.1, 0.15) is 17.0 Å². The van der Waals surface area contributed by atoms with Gasteiger partial charge < -0.3 is 5.11 Å². The average molecular weight is 350 g/mol. The summed E-state index contributed by atoms with van der Waals surface area (Å²) in [7, 11) is 0. The number of carbonyl (C=O) groups is 1. The minimum Gasteiger partial charge on any atom is -0.481 e. The summed E-state index contributed by atoms with van der Waals surface area (Å²) in [6.45, 7) is 0. The normalized spacial score (nSPS) is 11.9. The maximum atomic E-state index is 11.6. The van der Waals surface area contributed by atoms with Crippen LogP contribution in [0.15, 0.2) is 53.0 Å². The van der Waals surface area contributed by atoms with E-state index < -0.39 is 16.8 Å². The Morgan fingerprint density at radius 2 is 1.90 bits per heavy atom. The number of rotatable bonds is 5. The van der Waals surface area contributed by atoms with E-state index in [9.17, 15) is 20.0 Å². The highest BCUT2D eigenvalue weighted by atomic mass is 79.9. The van der Waals surface area contributed by atoms with E-state index in [2.05, 4.69) is 15.9 Å². The molecule has 2 aromatic rings. The van der Waals surface area contributed by atoms with Gasteiger partial charge in [0.2, 0.25) is 0 Å². The van der Waals surface area contributed by atoms with Crippen LogP contribution in [-0.4, -0.2) is 16.0 Å². The Morgan fingerprint density at radius 3 is 2.48 bits per heavy atom. The molecule has 21 heavy (non-hydrogen) atoms. The molecule has 0 radical (unpaired) electrons. The first-order chi connectivity index (χ1) is 9.99. The highest BCUT2D eigenvalue weighted by Crippen LogP contribution is 2.32. The summed E-state index contributed by atoms with van der Waals surface area (Å²) in [5, 5.41) is 20.6. The van der Waals surface area contributed by atoms with E-state index >= 15 is 0 Å². The molecule has 0 aromatic heterocycles. The SMILES string of the molecule is O=C(O)C(Cc1ccccc1)c1cc(Br)ccc1[N+](=O)[O-]. The second-order valence-electron chi connectivity index (χ2n) is 4.54. The molecule has 6 heteroatoms. The molecule has 0 heterocycles. The molecule has 0 saturated carbocycles. The molecule has 2 aromatic carbocycles. The number of nitrogens with zero attached hydrogens (tertiary/aromatic N) is 1. The molecule has 5 nitrogen and oxygen atoms in total. The Balaban J connectivity index is 2.46. The Kier molecular flexibility index (Phi) is 4.70. The van der Waals surface area contributed by atoms with Gasteiger partial charge in [0, 0.05) is 16.1 Å². The zero-order valence-corrected chi connectivity index (χ0v) is 12.5. The van der Waals surface area contributed by atoms with E-state index in [1.54, 1.807) is 12.1 Å². The van der Waals surface area contributed by atoms with Crippen molar-refractivity contribution < 1.29 is 14.8 Å². The van der Waals surface area contributed by atoms with Gasteiger partial charge in [0.1, 0.15) is 0 Å². The summed E-state index contributed by atoms with van der Waals surface area (Å²) in [6, 6.07) is 13.4. The van der Waals surface area contributed by atoms with Crippen LogP contribution < -0.4 is 0 Å². The molecule has 1 unspecified atom stereocenters. The molecule has 0 aliphatic rings. The first kappa shape index (κ1) is 15.2. The van der Waals surface area contributed by atoms with Gasteiger partial charge in [-0.25, -0.2) is 0 Å². The van der Waals surface area contributed by atoms with Gasteiger partial charge in [-0.15, -0.1) is 0 Å². The first-order valence-corrected chi connectivity index (χ1v) is 6.99. The highest BCUT2D eigenvalue weighted by molar-refractivity contribution is 9.10. The van der Waals surface area contributed by atoms with E-state index in [1.165, 1.54) is 18.2 Å². The van der Waals surface area contributed by atoms with Crippen molar-refractivity contribution >= 4 is 27.6 Å². The maximum absolute atomic E-state index is 11.6. The van der Waals surface area contributed by atoms with Crippen LogP contribution in [0.3, 0.4) is 0 Å². The Hall–Kier alpha value is -2.21. The van der Waals surface area contributed by atoms with E-state index in [1.807, 2.05) is 18.2 Å². The summed E-state index contributed by atoms with van der Waals surface area (Å²) in [4.78, 5) is 22.1. The Bertz CT molecular complexity index is 673. The third-order valence-corrected chi connectivity index (χ3v) is 3.64. The second kappa shape index (κ2) is 6.49. The maximum Gasteiger partial charge on any atom is 0.311 e. The smallest absolute Gasteiger partial charge is 0.311 e. The lowest BCUT2D eigenvalue weighted by atomic mass is 9.91. The number of benzene rings is 2. The predicted molar refractivity (Wildman–Crippen MR) is 81.3 cm³/mol. The molecule has 0 spiro atoms. The molecule has 0 bridgehead atoms. The molecule has 1 atom stereocenters. The number of aliphatic carboxylic acids is 1. The minimum absolute atomic E-state index is 0.179. The molecule has 1 N–H and O–H groups in total. The van der Waals surface area contributed by atoms with Crippen molar-refractivity contribution in [2.45, 2.75) is 12.3 Å². The molecular weight excluding hydrogens is 338 g/mol. The predicted octanol–water partition coefficient (Wildman–Crippen LogP) is 3.77. The zero-order valence-electron chi connectivity index (χ0n) is 10.9. The monoisotopic (exact) mass is 349 g/mol. The van der Waals surface area contributed by atoms with Crippen LogP contribution in [0.25, 0.3) is 0 Å². The van der Waals surface area contributed by atoms with Crippen molar-refractivity contribution in [1.29, 1.82) is 0 Å². The highest BCUT2D eigenvalue weighted by Gasteiger charge is 2.28. The van der Waals surface area contributed by atoms with Gasteiger partial charge in [-0.05, 0) is 24.1 Å². The van der Waals surface area contributed by atoms with E-state index in [-0.39, 0.29) is 17.7 Å². The standard InChI is InChI=1S/C15H12BrNO4/c16-11-6-7-14(17(20)21)12(9-11)13(15(18)19)8-10-4-2-1-3-5-10/h1-7,9,13H,8H2,(H,18,19). The van der Waals surface area contributed by atoms with E-state index in [0.717, 1.165) is 5.56 Å². The van der Waals surface area contributed by atoms with Crippen molar-refractivity contribution in [3.05, 3.63) is 74.2 Å². The van der Waals surface area contributed by atoms with E-state index in [0.29, 0.717) is 4.47 Å². The van der Waals surface area contributed by atoms with Crippen LogP contribution in [-0.2, 0) is 11.2 Å². The average Bonchev–Trinajstić information content (AvgIpc) is 2.45. The third-order valence-electron chi connectivity index (χ3n) is 3.14. The van der Waals surface area contributed by atoms with Crippen LogP contribution in [0.2, 0.25) is 0 Å². The third kappa shape index (κ3) is 3.66. The molecule has 0 aliphatic heterocycles. The lowest BCUT2D eigenvalue weighted by Gasteiger charge is -2.13. The summed E-state index contributed by atoms with van der Waals surface area (Å²) in [5.41, 5.74) is 0.839. The quantitative estimate of drug-likeness (QED) is 0.658. The molecular formula is C15H12BrNO4. The lowest BCUT2D eigenvalue weighted by Crippen LogP contribution is -2.16. The van der Waals surface area contributed by atoms with Crippen LogP contribution in [0.5, 0.6) is 0 Å². The molecule has 2 rings (SSSR count). The van der Waals surface area contributed by atoms with Crippen molar-refractivity contribution in [3.63, 3.8) is 0 Å². The van der Waals surface area contributed by atoms with Gasteiger partial charge in [-0.2, -0.15) is 0 Å². The lowest BCUT2D eigenvalue weighted by molar-refractivity contribution is -0.385. The fourth-order valence-electron chi connectivity index (χ4n) is 2.15. The number of nitro groups is 1. The van der Waals surface area contributed by atoms with Crippen molar-refractivity contribution in [2.75, 3.05) is 0 Å². The van der Waals surface area contributed by atoms with Crippen LogP contribution in [0.4, 0.5) is 5.69 Å². The largest absolute Gasteiger partial charge is 0.481 e. The summed E-state index contributed by atoms with van der Waals surface area (Å²) < 4.78 is 0.613. The fraction of sp³-hybridized carbons (Fsp3) is 0.133. The fourth-order valence-corrected chi connectivity index (χ4v) is 2.53. The number of halogens is 1. The van der Waals surface area contributed by atoms with Crippen LogP contribution >= 0.6 is 15.9 Å². The molecule has 108 valence electrons. The second-order valence-corrected chi connectivity index (χ2v) is 5.46. The van der Waals surface area contributed by atoms with E-state index in [4.69, 9.17) is 0 Å². The zero-order chi connectivity index (χ0) is 15.4. The summed E-state index contributed by atoms with van der Waals surface area (Å²) in [5.74, 6) is -2.05. The van der Waals surface area contributed by atoms with Crippen molar-refractivity contribution in [1.82, 2.24) is 0 Å². The van der Waals surface area contributed by atoms with Gasteiger partial charge in [-0.1, -0.05) is 46.3 Å². The summed E-state index contributed by atoms with van der Waals surface area (Å²) >= 11 is 3.23. The molecule has 0 amide bonds. The minimum atomic E-state index is -1.08. The van der Waals surface area contributed by atoms with Gasteiger partial charge in [0.05, 0.1) is 10.8 Å². The van der Waals surface area contributed by atoms with Gasteiger partial charge in [0.15, 0.2) is 0 Å². The number of hydrogen-bond donors (Lipinski definition) is 1. The number of hydrogen-bond acceptors (Lipinski definition) is 3. The molecule has 0 aliphatic carbocycles. The molecule has 0 saturated heterocycles. The summed E-state index contributed by atoms with van der Waals surface area (Å²) in [6.07, 6.45) is 0.202. The first-order valence-electron chi connectivity index (χ1n) is 6.19. The van der Waals surface area contributed by atoms with Crippen LogP contribution in [0, 0.1) is 10.1 Å².